The fraction of sp³-hybridized carbons (Fsp3) is 0.217. The molecule has 172 valence electrons. The van der Waals surface area contributed by atoms with E-state index in [-0.39, 0.29) is 10.9 Å². The maximum absolute atomic E-state index is 15.2. The maximum Gasteiger partial charge on any atom is 0.325 e. The molecule has 2 aromatic carbocycles. The van der Waals surface area contributed by atoms with Crippen molar-refractivity contribution in [2.75, 3.05) is 23.8 Å². The number of phenols is 1. The first-order valence-corrected chi connectivity index (χ1v) is 11.7. The highest BCUT2D eigenvalue weighted by Gasteiger charge is 2.42. The second-order valence-electron chi connectivity index (χ2n) is 8.23. The minimum Gasteiger partial charge on any atom is -0.506 e. The Kier molecular flexibility index (Phi) is 6.22. The minimum absolute atomic E-state index is 0.171. The van der Waals surface area contributed by atoms with Crippen LogP contribution in [0.15, 0.2) is 42.5 Å². The Hall–Kier alpha value is -2.88. The van der Waals surface area contributed by atoms with E-state index < -0.39 is 17.3 Å². The standard InChI is InChI=1S/C23H22ClFN4O2S2/c1-23(2)11-29(14-7-5-4-6-13(14)27-21(31)28-22(32)26-3)20-15(30)10-12(25)18(19(20)23)16-8-9-17(24)33-16/h4-10,30H,11H2,1-3H3,(H3,26,27,28,31,32). The van der Waals surface area contributed by atoms with Crippen molar-refractivity contribution in [1.82, 2.24) is 10.6 Å². The summed E-state index contributed by atoms with van der Waals surface area (Å²) in [6.45, 7) is 4.45. The molecule has 0 saturated carbocycles. The van der Waals surface area contributed by atoms with Gasteiger partial charge in [0.25, 0.3) is 0 Å². The summed E-state index contributed by atoms with van der Waals surface area (Å²) in [6, 6.07) is 11.4. The van der Waals surface area contributed by atoms with Crippen LogP contribution < -0.4 is 20.9 Å². The Morgan fingerprint density at radius 2 is 2.00 bits per heavy atom. The number of hydrogen-bond donors (Lipinski definition) is 4. The summed E-state index contributed by atoms with van der Waals surface area (Å²) in [5, 5.41) is 19.0. The van der Waals surface area contributed by atoms with Gasteiger partial charge in [0.1, 0.15) is 11.6 Å². The lowest BCUT2D eigenvalue weighted by molar-refractivity contribution is 0.256. The number of benzene rings is 2. The summed E-state index contributed by atoms with van der Waals surface area (Å²) in [6.07, 6.45) is 0. The molecule has 0 radical (unpaired) electrons. The molecule has 3 aromatic rings. The molecular weight excluding hydrogens is 483 g/mol. The number of nitrogens with one attached hydrogen (secondary N) is 3. The Labute approximate surface area is 205 Å². The molecule has 2 amide bonds. The van der Waals surface area contributed by atoms with Crippen molar-refractivity contribution in [3.05, 3.63) is 58.2 Å². The SMILES string of the molecule is CNC(=S)NC(=O)Nc1ccccc1N1CC(C)(C)c2c(-c3ccc(Cl)s3)c(F)cc(O)c21. The van der Waals surface area contributed by atoms with Crippen molar-refractivity contribution >= 4 is 63.4 Å². The number of aromatic hydroxyl groups is 1. The number of amides is 2. The van der Waals surface area contributed by atoms with Crippen molar-refractivity contribution in [3.8, 4) is 16.2 Å². The lowest BCUT2D eigenvalue weighted by Crippen LogP contribution is -2.40. The quantitative estimate of drug-likeness (QED) is 0.331. The number of para-hydroxylation sites is 2. The zero-order valence-corrected chi connectivity index (χ0v) is 20.5. The monoisotopic (exact) mass is 504 g/mol. The molecule has 10 heteroatoms. The van der Waals surface area contributed by atoms with Crippen molar-refractivity contribution in [2.24, 2.45) is 0 Å². The molecule has 0 atom stereocenters. The van der Waals surface area contributed by atoms with Crippen LogP contribution in [-0.2, 0) is 5.41 Å². The van der Waals surface area contributed by atoms with Gasteiger partial charge in [-0.05, 0) is 42.0 Å². The molecule has 1 aliphatic rings. The van der Waals surface area contributed by atoms with Crippen LogP contribution in [-0.4, -0.2) is 29.8 Å². The van der Waals surface area contributed by atoms with Gasteiger partial charge in [0, 0.05) is 35.5 Å². The number of thiophene rings is 1. The van der Waals surface area contributed by atoms with Crippen LogP contribution in [0.5, 0.6) is 5.75 Å². The summed E-state index contributed by atoms with van der Waals surface area (Å²) in [7, 11) is 1.61. The lowest BCUT2D eigenvalue weighted by atomic mass is 9.83. The Morgan fingerprint density at radius 1 is 1.27 bits per heavy atom. The topological polar surface area (TPSA) is 76.6 Å². The third kappa shape index (κ3) is 4.36. The first-order chi connectivity index (χ1) is 15.6. The highest BCUT2D eigenvalue weighted by Crippen LogP contribution is 2.55. The van der Waals surface area contributed by atoms with Crippen LogP contribution in [0.1, 0.15) is 19.4 Å². The highest BCUT2D eigenvalue weighted by atomic mass is 35.5. The number of carbonyl (C=O) groups is 1. The number of rotatable bonds is 3. The van der Waals surface area contributed by atoms with Gasteiger partial charge in [0.05, 0.1) is 21.4 Å². The Bertz CT molecular complexity index is 1260. The highest BCUT2D eigenvalue weighted by molar-refractivity contribution is 7.80. The van der Waals surface area contributed by atoms with Gasteiger partial charge < -0.3 is 20.6 Å². The lowest BCUT2D eigenvalue weighted by Gasteiger charge is -2.25. The van der Waals surface area contributed by atoms with Crippen molar-refractivity contribution in [2.45, 2.75) is 19.3 Å². The molecule has 1 aromatic heterocycles. The van der Waals surface area contributed by atoms with E-state index in [9.17, 15) is 9.90 Å². The summed E-state index contributed by atoms with van der Waals surface area (Å²) >= 11 is 12.4. The van der Waals surface area contributed by atoms with Crippen LogP contribution in [0, 0.1) is 5.82 Å². The largest absolute Gasteiger partial charge is 0.506 e. The van der Waals surface area contributed by atoms with E-state index in [0.717, 1.165) is 6.07 Å². The molecule has 33 heavy (non-hydrogen) atoms. The van der Waals surface area contributed by atoms with Crippen LogP contribution in [0.2, 0.25) is 4.34 Å². The van der Waals surface area contributed by atoms with E-state index in [0.29, 0.717) is 43.9 Å². The Balaban J connectivity index is 1.84. The number of fused-ring (bicyclic) bond motifs is 1. The first-order valence-electron chi connectivity index (χ1n) is 10.1. The molecular formula is C23H22ClFN4O2S2. The van der Waals surface area contributed by atoms with E-state index in [1.807, 2.05) is 30.9 Å². The number of nitrogens with zero attached hydrogens (tertiary/aromatic N) is 1. The molecule has 2 heterocycles. The molecule has 4 N–H and O–H groups in total. The predicted molar refractivity (Wildman–Crippen MR) is 137 cm³/mol. The summed E-state index contributed by atoms with van der Waals surface area (Å²) < 4.78 is 15.7. The van der Waals surface area contributed by atoms with E-state index >= 15 is 4.39 Å². The number of hydrogen-bond acceptors (Lipinski definition) is 5. The molecule has 0 aliphatic carbocycles. The summed E-state index contributed by atoms with van der Waals surface area (Å²) in [5.74, 6) is -0.679. The van der Waals surface area contributed by atoms with E-state index in [1.165, 1.54) is 11.3 Å². The van der Waals surface area contributed by atoms with E-state index in [4.69, 9.17) is 23.8 Å². The molecule has 0 spiro atoms. The van der Waals surface area contributed by atoms with Crippen LogP contribution in [0.3, 0.4) is 0 Å². The number of anilines is 3. The average molecular weight is 505 g/mol. The van der Waals surface area contributed by atoms with Gasteiger partial charge in [-0.25, -0.2) is 9.18 Å². The summed E-state index contributed by atoms with van der Waals surface area (Å²) in [5.41, 5.74) is 2.28. The van der Waals surface area contributed by atoms with Crippen LogP contribution >= 0.6 is 35.2 Å². The van der Waals surface area contributed by atoms with E-state index in [1.54, 1.807) is 31.3 Å². The third-order valence-electron chi connectivity index (χ3n) is 5.45. The fourth-order valence-corrected chi connectivity index (χ4v) is 5.33. The summed E-state index contributed by atoms with van der Waals surface area (Å²) in [4.78, 5) is 15.0. The van der Waals surface area contributed by atoms with Gasteiger partial charge in [-0.1, -0.05) is 37.6 Å². The smallest absolute Gasteiger partial charge is 0.325 e. The molecule has 6 nitrogen and oxygen atoms in total. The zero-order valence-electron chi connectivity index (χ0n) is 18.1. The third-order valence-corrected chi connectivity index (χ3v) is 7.00. The number of halogens is 2. The molecule has 0 bridgehead atoms. The minimum atomic E-state index is -0.510. The van der Waals surface area contributed by atoms with Gasteiger partial charge >= 0.3 is 6.03 Å². The van der Waals surface area contributed by atoms with Crippen LogP contribution in [0.25, 0.3) is 10.4 Å². The molecule has 1 aliphatic heterocycles. The van der Waals surface area contributed by atoms with Gasteiger partial charge in [-0.15, -0.1) is 11.3 Å². The number of urea groups is 1. The number of carbonyl (C=O) groups excluding carboxylic acids is 1. The Morgan fingerprint density at radius 3 is 2.67 bits per heavy atom. The zero-order chi connectivity index (χ0) is 23.9. The van der Waals surface area contributed by atoms with Gasteiger partial charge in [-0.2, -0.15) is 0 Å². The maximum atomic E-state index is 15.2. The second kappa shape index (κ2) is 8.81. The average Bonchev–Trinajstić information content (AvgIpc) is 3.29. The van der Waals surface area contributed by atoms with Crippen molar-refractivity contribution in [1.29, 1.82) is 0 Å². The molecule has 4 rings (SSSR count). The van der Waals surface area contributed by atoms with Crippen LogP contribution in [0.4, 0.5) is 26.2 Å². The van der Waals surface area contributed by atoms with Gasteiger partial charge in [-0.3, -0.25) is 5.32 Å². The van der Waals surface area contributed by atoms with Crippen molar-refractivity contribution in [3.63, 3.8) is 0 Å². The second-order valence-corrected chi connectivity index (χ2v) is 10.3. The van der Waals surface area contributed by atoms with Gasteiger partial charge in [0.2, 0.25) is 0 Å². The first kappa shape index (κ1) is 23.3. The predicted octanol–water partition coefficient (Wildman–Crippen LogP) is 5.97. The van der Waals surface area contributed by atoms with E-state index in [2.05, 4.69) is 16.0 Å². The molecule has 0 unspecified atom stereocenters. The number of thiocarbonyl (C=S) groups is 1. The molecule has 0 saturated heterocycles. The normalized spacial score (nSPS) is 14.0. The van der Waals surface area contributed by atoms with Gasteiger partial charge in [0.15, 0.2) is 5.11 Å². The molecule has 0 fully saturated rings. The number of phenolic OH excluding ortho intramolecular Hbond substituents is 1. The van der Waals surface area contributed by atoms with Crippen molar-refractivity contribution < 1.29 is 14.3 Å². The fourth-order valence-electron chi connectivity index (χ4n) is 4.14.